The molecule has 152 valence electrons. The molecule has 0 aliphatic heterocycles. The van der Waals surface area contributed by atoms with Crippen LogP contribution < -0.4 is 10.0 Å². The molecule has 1 saturated carbocycles. The Labute approximate surface area is 167 Å². The number of hydrogen-bond donors (Lipinski definition) is 2. The Morgan fingerprint density at radius 3 is 2.44 bits per heavy atom. The van der Waals surface area contributed by atoms with Crippen LogP contribution in [-0.4, -0.2) is 27.5 Å². The first-order valence-electron chi connectivity index (χ1n) is 9.92. The van der Waals surface area contributed by atoms with E-state index in [0.29, 0.717) is 5.92 Å². The maximum absolute atomic E-state index is 12.7. The number of carbonyl (C=O) groups excluding carboxylic acids is 1. The van der Waals surface area contributed by atoms with Crippen LogP contribution in [0.1, 0.15) is 65.4 Å². The molecule has 1 fully saturated rings. The highest BCUT2D eigenvalue weighted by molar-refractivity contribution is 7.90. The van der Waals surface area contributed by atoms with Gasteiger partial charge in [-0.2, -0.15) is 0 Å². The van der Waals surface area contributed by atoms with E-state index in [2.05, 4.69) is 10.0 Å². The largest absolute Gasteiger partial charge is 0.598 e. The molecule has 0 aromatic heterocycles. The van der Waals surface area contributed by atoms with Crippen molar-refractivity contribution in [1.82, 2.24) is 10.0 Å². The maximum atomic E-state index is 12.7. The number of amides is 1. The number of benzene rings is 1. The van der Waals surface area contributed by atoms with Gasteiger partial charge in [-0.1, -0.05) is 49.6 Å². The van der Waals surface area contributed by atoms with Gasteiger partial charge in [-0.15, -0.1) is 4.72 Å². The van der Waals surface area contributed by atoms with Crippen molar-refractivity contribution in [3.63, 3.8) is 0 Å². The quantitative estimate of drug-likeness (QED) is 0.676. The van der Waals surface area contributed by atoms with Gasteiger partial charge in [0.1, 0.15) is 11.4 Å². The highest BCUT2D eigenvalue weighted by Gasteiger charge is 2.36. The van der Waals surface area contributed by atoms with Gasteiger partial charge in [0.2, 0.25) is 0 Å². The van der Waals surface area contributed by atoms with E-state index < -0.39 is 17.5 Å². The third-order valence-corrected chi connectivity index (χ3v) is 6.65. The summed E-state index contributed by atoms with van der Waals surface area (Å²) in [6, 6.07) is 9.43. The van der Waals surface area contributed by atoms with Gasteiger partial charge in [0.15, 0.2) is 0 Å². The van der Waals surface area contributed by atoms with E-state index in [1.54, 1.807) is 0 Å². The van der Waals surface area contributed by atoms with Crippen LogP contribution in [0.15, 0.2) is 30.3 Å². The Morgan fingerprint density at radius 1 is 1.22 bits per heavy atom. The van der Waals surface area contributed by atoms with Crippen LogP contribution in [-0.2, 0) is 22.7 Å². The highest BCUT2D eigenvalue weighted by Crippen LogP contribution is 2.29. The zero-order valence-corrected chi connectivity index (χ0v) is 17.8. The van der Waals surface area contributed by atoms with Crippen LogP contribution in [0.25, 0.3) is 0 Å². The molecule has 2 rings (SSSR count). The lowest BCUT2D eigenvalue weighted by Crippen LogP contribution is -2.56. The first-order chi connectivity index (χ1) is 12.8. The molecular weight excluding hydrogens is 360 g/mol. The van der Waals surface area contributed by atoms with Crippen molar-refractivity contribution in [1.29, 1.82) is 0 Å². The Morgan fingerprint density at radius 2 is 1.85 bits per heavy atom. The lowest BCUT2D eigenvalue weighted by Gasteiger charge is -2.37. The molecule has 0 bridgehead atoms. The van der Waals surface area contributed by atoms with Crippen LogP contribution in [0.2, 0.25) is 0 Å². The van der Waals surface area contributed by atoms with E-state index in [1.807, 2.05) is 58.0 Å². The Balaban J connectivity index is 1.94. The van der Waals surface area contributed by atoms with Gasteiger partial charge in [0.25, 0.3) is 0 Å². The summed E-state index contributed by atoms with van der Waals surface area (Å²) in [6.07, 6.45) is 5.41. The van der Waals surface area contributed by atoms with Crippen molar-refractivity contribution in [2.24, 2.45) is 5.92 Å². The molecule has 27 heavy (non-hydrogen) atoms. The van der Waals surface area contributed by atoms with Gasteiger partial charge in [-0.25, -0.2) is 4.79 Å². The van der Waals surface area contributed by atoms with Crippen molar-refractivity contribution in [3.05, 3.63) is 35.9 Å². The molecule has 3 atom stereocenters. The normalized spacial score (nSPS) is 19.1. The Kier molecular flexibility index (Phi) is 8.45. The second-order valence-electron chi connectivity index (χ2n) is 8.42. The minimum atomic E-state index is -1.18. The summed E-state index contributed by atoms with van der Waals surface area (Å²) in [5.74, 6) is 0.412. The van der Waals surface area contributed by atoms with E-state index >= 15 is 0 Å². The summed E-state index contributed by atoms with van der Waals surface area (Å²) in [4.78, 5) is 12.3. The zero-order chi connectivity index (χ0) is 19.9. The molecule has 0 saturated heterocycles. The van der Waals surface area contributed by atoms with E-state index in [4.69, 9.17) is 4.74 Å². The van der Waals surface area contributed by atoms with Crippen molar-refractivity contribution < 1.29 is 14.1 Å². The summed E-state index contributed by atoms with van der Waals surface area (Å²) in [7, 11) is 0. The molecule has 0 unspecified atom stereocenters. The summed E-state index contributed by atoms with van der Waals surface area (Å²) in [6.45, 7) is 8.09. The Bertz CT molecular complexity index is 571. The molecule has 2 N–H and O–H groups in total. The molecular formula is C21H34N2O3S. The lowest BCUT2D eigenvalue weighted by molar-refractivity contribution is 0.131. The fourth-order valence-electron chi connectivity index (χ4n) is 3.44. The van der Waals surface area contributed by atoms with Crippen LogP contribution in [0.4, 0.5) is 4.79 Å². The second kappa shape index (κ2) is 10.3. The Hall–Kier alpha value is -1.24. The molecule has 0 spiro atoms. The predicted octanol–water partition coefficient (Wildman–Crippen LogP) is 4.30. The fourth-order valence-corrected chi connectivity index (χ4v) is 4.44. The SMILES string of the molecule is C[C@H](NC(=O)OCc1ccccc1)[C@H](N[S@+]([O-])C(C)(C)C)C1CCCCC1. The summed E-state index contributed by atoms with van der Waals surface area (Å²) >= 11 is -1.18. The summed E-state index contributed by atoms with van der Waals surface area (Å²) < 4.78 is 21.0. The monoisotopic (exact) mass is 394 g/mol. The molecule has 0 heterocycles. The number of rotatable bonds is 7. The number of nitrogens with one attached hydrogen (secondary N) is 2. The minimum absolute atomic E-state index is 0.0327. The predicted molar refractivity (Wildman–Crippen MR) is 111 cm³/mol. The summed E-state index contributed by atoms with van der Waals surface area (Å²) in [5.41, 5.74) is 0.955. The van der Waals surface area contributed by atoms with E-state index in [-0.39, 0.29) is 23.4 Å². The number of alkyl carbamates (subject to hydrolysis) is 1. The van der Waals surface area contributed by atoms with E-state index in [9.17, 15) is 9.35 Å². The van der Waals surface area contributed by atoms with E-state index in [1.165, 1.54) is 19.3 Å². The average Bonchev–Trinajstić information content (AvgIpc) is 2.65. The molecule has 5 nitrogen and oxygen atoms in total. The maximum Gasteiger partial charge on any atom is 0.407 e. The van der Waals surface area contributed by atoms with Gasteiger partial charge in [-0.3, -0.25) is 0 Å². The number of carbonyl (C=O) groups is 1. The van der Waals surface area contributed by atoms with Crippen LogP contribution in [0, 0.1) is 5.92 Å². The molecule has 6 heteroatoms. The fraction of sp³-hybridized carbons (Fsp3) is 0.667. The molecule has 1 amide bonds. The molecule has 0 radical (unpaired) electrons. The first-order valence-corrected chi connectivity index (χ1v) is 11.1. The van der Waals surface area contributed by atoms with Gasteiger partial charge < -0.3 is 14.6 Å². The third kappa shape index (κ3) is 7.35. The summed E-state index contributed by atoms with van der Waals surface area (Å²) in [5, 5.41) is 2.95. The van der Waals surface area contributed by atoms with Crippen molar-refractivity contribution in [2.75, 3.05) is 0 Å². The average molecular weight is 395 g/mol. The minimum Gasteiger partial charge on any atom is -0.598 e. The second-order valence-corrected chi connectivity index (χ2v) is 10.4. The van der Waals surface area contributed by atoms with Crippen molar-refractivity contribution in [3.8, 4) is 0 Å². The van der Waals surface area contributed by atoms with Crippen molar-refractivity contribution >= 4 is 17.5 Å². The van der Waals surface area contributed by atoms with Gasteiger partial charge in [0.05, 0.1) is 6.04 Å². The standard InChI is InChI=1S/C21H34N2O3S/c1-16(22-20(24)26-15-17-11-7-5-8-12-17)19(18-13-9-6-10-14-18)23-27(25)21(2,3)4/h5,7-8,11-12,16,18-19,23H,6,9-10,13-15H2,1-4H3,(H,22,24)/t16-,19-,27+/m0/s1. The van der Waals surface area contributed by atoms with Crippen molar-refractivity contribution in [2.45, 2.75) is 83.2 Å². The molecule has 1 aliphatic rings. The molecule has 1 aliphatic carbocycles. The first kappa shape index (κ1) is 22.1. The van der Waals surface area contributed by atoms with Gasteiger partial charge in [0, 0.05) is 17.4 Å². The van der Waals surface area contributed by atoms with Gasteiger partial charge >= 0.3 is 6.09 Å². The van der Waals surface area contributed by atoms with Crippen LogP contribution in [0.3, 0.4) is 0 Å². The zero-order valence-electron chi connectivity index (χ0n) is 17.0. The van der Waals surface area contributed by atoms with Gasteiger partial charge in [-0.05, 0) is 52.0 Å². The molecule has 1 aromatic rings. The lowest BCUT2D eigenvalue weighted by atomic mass is 9.82. The van der Waals surface area contributed by atoms with Crippen LogP contribution >= 0.6 is 0 Å². The number of ether oxygens (including phenoxy) is 1. The third-order valence-electron chi connectivity index (χ3n) is 5.05. The smallest absolute Gasteiger partial charge is 0.407 e. The van der Waals surface area contributed by atoms with Crippen LogP contribution in [0.5, 0.6) is 0 Å². The topological polar surface area (TPSA) is 73.4 Å². The molecule has 1 aromatic carbocycles. The van der Waals surface area contributed by atoms with E-state index in [0.717, 1.165) is 18.4 Å². The highest BCUT2D eigenvalue weighted by atomic mass is 32.2. The number of hydrogen-bond acceptors (Lipinski definition) is 4.